The van der Waals surface area contributed by atoms with Crippen molar-refractivity contribution in [2.24, 2.45) is 0 Å². The van der Waals surface area contributed by atoms with Crippen LogP contribution < -0.4 is 10.1 Å². The van der Waals surface area contributed by atoms with E-state index in [1.807, 2.05) is 24.3 Å². The molecule has 0 amide bonds. The molecule has 1 fully saturated rings. The molecule has 0 bridgehead atoms. The Morgan fingerprint density at radius 3 is 3.06 bits per heavy atom. The van der Waals surface area contributed by atoms with Crippen LogP contribution in [0.3, 0.4) is 0 Å². The third kappa shape index (κ3) is 3.17. The molecule has 1 aliphatic rings. The largest absolute Gasteiger partial charge is 0.496 e. The Morgan fingerprint density at radius 1 is 1.53 bits per heavy atom. The highest BCUT2D eigenvalue weighted by atomic mass is 32.1. The van der Waals surface area contributed by atoms with Crippen molar-refractivity contribution in [2.75, 3.05) is 20.3 Å². The maximum absolute atomic E-state index is 5.54. The summed E-state index contributed by atoms with van der Waals surface area (Å²) in [6.45, 7) is 1.64. The highest BCUT2D eigenvalue weighted by Gasteiger charge is 2.16. The molecule has 17 heavy (non-hydrogen) atoms. The first kappa shape index (κ1) is 12.3. The van der Waals surface area contributed by atoms with Crippen LogP contribution in [0.15, 0.2) is 24.3 Å². The molecule has 4 heteroatoms. The number of benzene rings is 1. The van der Waals surface area contributed by atoms with E-state index >= 15 is 0 Å². The van der Waals surface area contributed by atoms with E-state index < -0.39 is 0 Å². The lowest BCUT2D eigenvalue weighted by molar-refractivity contribution is 0.114. The van der Waals surface area contributed by atoms with Gasteiger partial charge in [-0.3, -0.25) is 0 Å². The van der Waals surface area contributed by atoms with Gasteiger partial charge in [0.05, 0.1) is 18.8 Å². The summed E-state index contributed by atoms with van der Waals surface area (Å²) in [5, 5.41) is 3.24. The summed E-state index contributed by atoms with van der Waals surface area (Å²) < 4.78 is 10.8. The predicted molar refractivity (Wildman–Crippen MR) is 71.7 cm³/mol. The number of hydrogen-bond donors (Lipinski definition) is 1. The first-order valence-electron chi connectivity index (χ1n) is 5.84. The van der Waals surface area contributed by atoms with E-state index in [0.29, 0.717) is 6.10 Å². The van der Waals surface area contributed by atoms with E-state index in [1.54, 1.807) is 7.11 Å². The molecule has 1 aromatic carbocycles. The maximum Gasteiger partial charge on any atom is 0.129 e. The summed E-state index contributed by atoms with van der Waals surface area (Å²) in [6.07, 6.45) is 2.55. The van der Waals surface area contributed by atoms with Gasteiger partial charge in [0.25, 0.3) is 0 Å². The van der Waals surface area contributed by atoms with Gasteiger partial charge in [-0.2, -0.15) is 0 Å². The zero-order chi connectivity index (χ0) is 12.1. The number of rotatable bonds is 4. The summed E-state index contributed by atoms with van der Waals surface area (Å²) in [7, 11) is 1.65. The van der Waals surface area contributed by atoms with Gasteiger partial charge in [-0.1, -0.05) is 24.4 Å². The third-order valence-electron chi connectivity index (χ3n) is 2.87. The van der Waals surface area contributed by atoms with E-state index in [0.717, 1.165) is 42.3 Å². The lowest BCUT2D eigenvalue weighted by atomic mass is 10.2. The Morgan fingerprint density at radius 2 is 2.35 bits per heavy atom. The van der Waals surface area contributed by atoms with Crippen LogP contribution in [0.1, 0.15) is 18.4 Å². The number of methoxy groups -OCH3 is 1. The second-order valence-electron chi connectivity index (χ2n) is 4.05. The molecule has 0 radical (unpaired) electrons. The molecule has 1 heterocycles. The topological polar surface area (TPSA) is 30.5 Å². The van der Waals surface area contributed by atoms with Crippen molar-refractivity contribution in [3.8, 4) is 5.75 Å². The molecule has 1 saturated heterocycles. The van der Waals surface area contributed by atoms with E-state index in [1.165, 1.54) is 0 Å². The van der Waals surface area contributed by atoms with Crippen molar-refractivity contribution in [3.63, 3.8) is 0 Å². The van der Waals surface area contributed by atoms with Crippen LogP contribution >= 0.6 is 12.2 Å². The summed E-state index contributed by atoms with van der Waals surface area (Å²) in [4.78, 5) is 0.720. The van der Waals surface area contributed by atoms with Crippen molar-refractivity contribution < 1.29 is 9.47 Å². The third-order valence-corrected chi connectivity index (χ3v) is 3.23. The van der Waals surface area contributed by atoms with Crippen LogP contribution in [0.2, 0.25) is 0 Å². The van der Waals surface area contributed by atoms with Gasteiger partial charge < -0.3 is 14.8 Å². The standard InChI is InChI=1S/C13H17NO2S/c1-15-12-7-3-2-6-11(12)13(17)14-9-10-5-4-8-16-10/h2-3,6-7,10H,4-5,8-9H2,1H3,(H,14,17)/t10-/m1/s1. The minimum absolute atomic E-state index is 0.294. The SMILES string of the molecule is COc1ccccc1C(=S)NC[C@H]1CCCO1. The zero-order valence-electron chi connectivity index (χ0n) is 9.94. The molecule has 0 aliphatic carbocycles. The normalized spacial score (nSPS) is 19.0. The van der Waals surface area contributed by atoms with Gasteiger partial charge in [0.1, 0.15) is 10.7 Å². The summed E-state index contributed by atoms with van der Waals surface area (Å²) in [5.41, 5.74) is 0.933. The van der Waals surface area contributed by atoms with Gasteiger partial charge >= 0.3 is 0 Å². The van der Waals surface area contributed by atoms with Gasteiger partial charge in [-0.15, -0.1) is 0 Å². The molecule has 1 aliphatic heterocycles. The molecule has 3 nitrogen and oxygen atoms in total. The average molecular weight is 251 g/mol. The molecule has 0 spiro atoms. The maximum atomic E-state index is 5.54. The Balaban J connectivity index is 1.94. The minimum atomic E-state index is 0.294. The average Bonchev–Trinajstić information content (AvgIpc) is 2.89. The highest BCUT2D eigenvalue weighted by Crippen LogP contribution is 2.18. The van der Waals surface area contributed by atoms with E-state index in [-0.39, 0.29) is 0 Å². The van der Waals surface area contributed by atoms with E-state index in [4.69, 9.17) is 21.7 Å². The predicted octanol–water partition coefficient (Wildman–Crippen LogP) is 2.14. The fourth-order valence-electron chi connectivity index (χ4n) is 1.94. The Kier molecular flexibility index (Phi) is 4.34. The zero-order valence-corrected chi connectivity index (χ0v) is 10.8. The number of thiocarbonyl (C=S) groups is 1. The van der Waals surface area contributed by atoms with Crippen LogP contribution in [0.25, 0.3) is 0 Å². The Bertz CT molecular complexity index is 389. The van der Waals surface area contributed by atoms with Crippen LogP contribution in [0, 0.1) is 0 Å². The molecule has 0 aromatic heterocycles. The Hall–Kier alpha value is -1.13. The van der Waals surface area contributed by atoms with E-state index in [2.05, 4.69) is 5.32 Å². The lowest BCUT2D eigenvalue weighted by Gasteiger charge is -2.14. The molecular formula is C13H17NO2S. The number of hydrogen-bond acceptors (Lipinski definition) is 3. The van der Waals surface area contributed by atoms with Crippen LogP contribution in [-0.2, 0) is 4.74 Å². The molecule has 1 atom stereocenters. The molecule has 0 unspecified atom stereocenters. The lowest BCUT2D eigenvalue weighted by Crippen LogP contribution is -2.31. The molecule has 1 aromatic rings. The molecule has 0 saturated carbocycles. The van der Waals surface area contributed by atoms with Gasteiger partial charge in [0, 0.05) is 13.2 Å². The summed E-state index contributed by atoms with van der Waals surface area (Å²) in [6, 6.07) is 7.77. The van der Waals surface area contributed by atoms with Crippen molar-refractivity contribution >= 4 is 17.2 Å². The summed E-state index contributed by atoms with van der Waals surface area (Å²) in [5.74, 6) is 0.803. The fourth-order valence-corrected chi connectivity index (χ4v) is 2.19. The quantitative estimate of drug-likeness (QED) is 0.831. The molecule has 2 rings (SSSR count). The van der Waals surface area contributed by atoms with Gasteiger partial charge in [-0.25, -0.2) is 0 Å². The monoisotopic (exact) mass is 251 g/mol. The molecular weight excluding hydrogens is 234 g/mol. The number of ether oxygens (including phenoxy) is 2. The van der Waals surface area contributed by atoms with Gasteiger partial charge in [0.2, 0.25) is 0 Å². The van der Waals surface area contributed by atoms with Crippen LogP contribution in [0.4, 0.5) is 0 Å². The van der Waals surface area contributed by atoms with Gasteiger partial charge in [-0.05, 0) is 25.0 Å². The second kappa shape index (κ2) is 5.98. The summed E-state index contributed by atoms with van der Waals surface area (Å²) >= 11 is 5.36. The highest BCUT2D eigenvalue weighted by molar-refractivity contribution is 7.80. The fraction of sp³-hybridized carbons (Fsp3) is 0.462. The van der Waals surface area contributed by atoms with Crippen molar-refractivity contribution in [1.82, 2.24) is 5.32 Å². The van der Waals surface area contributed by atoms with Crippen LogP contribution in [0.5, 0.6) is 5.75 Å². The Labute approximate surface area is 107 Å². The van der Waals surface area contributed by atoms with Crippen molar-refractivity contribution in [2.45, 2.75) is 18.9 Å². The van der Waals surface area contributed by atoms with Crippen molar-refractivity contribution in [3.05, 3.63) is 29.8 Å². The number of para-hydroxylation sites is 1. The number of nitrogens with one attached hydrogen (secondary N) is 1. The first-order chi connectivity index (χ1) is 8.31. The van der Waals surface area contributed by atoms with E-state index in [9.17, 15) is 0 Å². The van der Waals surface area contributed by atoms with Gasteiger partial charge in [0.15, 0.2) is 0 Å². The smallest absolute Gasteiger partial charge is 0.129 e. The van der Waals surface area contributed by atoms with Crippen molar-refractivity contribution in [1.29, 1.82) is 0 Å². The second-order valence-corrected chi connectivity index (χ2v) is 4.45. The molecule has 92 valence electrons. The van der Waals surface area contributed by atoms with Crippen LogP contribution in [-0.4, -0.2) is 31.4 Å². The first-order valence-corrected chi connectivity index (χ1v) is 6.25. The molecule has 1 N–H and O–H groups in total. The minimum Gasteiger partial charge on any atom is -0.496 e.